The fraction of sp³-hybridized carbons (Fsp3) is 0.514. The van der Waals surface area contributed by atoms with Crippen molar-refractivity contribution in [3.8, 4) is 0 Å². The smallest absolute Gasteiger partial charge is 0.397 e. The first kappa shape index (κ1) is 36.0. The maximum Gasteiger partial charge on any atom is 0.397 e. The first-order chi connectivity index (χ1) is 23.9. The van der Waals surface area contributed by atoms with Crippen LogP contribution in [-0.4, -0.2) is 83.2 Å². The molecule has 1 aromatic carbocycles. The molecule has 13 heteroatoms. The van der Waals surface area contributed by atoms with E-state index < -0.39 is 89.7 Å². The van der Waals surface area contributed by atoms with Gasteiger partial charge in [0.25, 0.3) is 0 Å². The number of methoxy groups -OCH3 is 1. The topological polar surface area (TPSA) is 162 Å². The number of benzene rings is 1. The maximum atomic E-state index is 13.7. The molecule has 2 aliphatic carbocycles. The van der Waals surface area contributed by atoms with Gasteiger partial charge in [-0.2, -0.15) is 0 Å². The largest absolute Gasteiger partial charge is 0.456 e. The van der Waals surface area contributed by atoms with Crippen LogP contribution >= 0.6 is 15.9 Å². The Kier molecular flexibility index (Phi) is 10.4. The monoisotopic (exact) mass is 754 g/mol. The molecule has 2 aromatic rings. The summed E-state index contributed by atoms with van der Waals surface area (Å²) < 4.78 is 31.0. The van der Waals surface area contributed by atoms with Gasteiger partial charge in [0, 0.05) is 53.9 Å². The Morgan fingerprint density at radius 2 is 1.92 bits per heavy atom. The molecule has 4 bridgehead atoms. The van der Waals surface area contributed by atoms with Gasteiger partial charge < -0.3 is 39.1 Å². The molecule has 0 radical (unpaired) electrons. The lowest BCUT2D eigenvalue weighted by Crippen LogP contribution is -2.57. The quantitative estimate of drug-likeness (QED) is 0.163. The van der Waals surface area contributed by atoms with Crippen molar-refractivity contribution in [1.82, 2.24) is 10.3 Å². The van der Waals surface area contributed by atoms with Gasteiger partial charge in [-0.1, -0.05) is 66.2 Å². The number of rotatable bonds is 7. The van der Waals surface area contributed by atoms with Crippen molar-refractivity contribution >= 4 is 39.7 Å². The Labute approximate surface area is 299 Å². The number of esters is 3. The number of cyclic esters (lactones) is 1. The number of aliphatic hydroxyl groups excluding tert-OH is 1. The Balaban J connectivity index is 1.27. The molecule has 268 valence electrons. The number of aromatic amines is 1. The third kappa shape index (κ3) is 6.44. The van der Waals surface area contributed by atoms with Crippen LogP contribution in [-0.2, 0) is 44.6 Å². The van der Waals surface area contributed by atoms with Crippen LogP contribution in [0.25, 0.3) is 0 Å². The minimum atomic E-state index is -1.11. The van der Waals surface area contributed by atoms with Gasteiger partial charge in [0.05, 0.1) is 6.10 Å². The molecule has 1 saturated carbocycles. The van der Waals surface area contributed by atoms with E-state index in [1.807, 2.05) is 63.3 Å². The number of nitrogens with one attached hydrogen (secondary N) is 2. The van der Waals surface area contributed by atoms with Crippen molar-refractivity contribution in [3.63, 3.8) is 0 Å². The van der Waals surface area contributed by atoms with E-state index in [9.17, 15) is 24.3 Å². The number of halogens is 1. The van der Waals surface area contributed by atoms with Gasteiger partial charge in [-0.3, -0.25) is 4.79 Å². The van der Waals surface area contributed by atoms with Gasteiger partial charge in [0.2, 0.25) is 0 Å². The van der Waals surface area contributed by atoms with Crippen LogP contribution in [0.3, 0.4) is 0 Å². The normalized spacial score (nSPS) is 36.2. The first-order valence-corrected chi connectivity index (χ1v) is 17.7. The lowest BCUT2D eigenvalue weighted by Gasteiger charge is -2.48. The fourth-order valence-electron chi connectivity index (χ4n) is 8.31. The number of H-pyrrole nitrogens is 1. The van der Waals surface area contributed by atoms with Gasteiger partial charge in [0.15, 0.2) is 6.10 Å². The van der Waals surface area contributed by atoms with E-state index in [4.69, 9.17) is 23.7 Å². The number of amides is 1. The molecule has 12 atom stereocenters. The molecular formula is C37H43BrN2O10. The zero-order valence-electron chi connectivity index (χ0n) is 28.5. The van der Waals surface area contributed by atoms with E-state index in [1.165, 1.54) is 7.11 Å². The highest BCUT2D eigenvalue weighted by Gasteiger charge is 2.69. The standard InChI is InChI=1S/C37H43BrN2O10/c1-18-15-19(2)37-23(12-13-24-28(37)29(41)20(3)31(32(24)50-37)49-34(43)26-11-8-14-39-26)16-27(46-5)35(44)48-30(18)21(4)47-36(45)33(42)40-17-22-9-6-7-10-25(22)38/h6-15,18,20-21,23-24,27-32,39,41H,16-17H2,1-5H3,(H,40,42)/b19-15+/t18-,20-,21-,23-,24?,27+,28?,29-,30+,31-,32-,37+/m1/s1. The van der Waals surface area contributed by atoms with Crippen LogP contribution in [0.15, 0.2) is 70.9 Å². The molecule has 1 aromatic heterocycles. The Bertz CT molecular complexity index is 1680. The summed E-state index contributed by atoms with van der Waals surface area (Å²) in [5.41, 5.74) is 0.809. The second kappa shape index (κ2) is 14.5. The molecule has 6 rings (SSSR count). The Morgan fingerprint density at radius 1 is 1.16 bits per heavy atom. The maximum absolute atomic E-state index is 13.7. The number of hydrogen-bond acceptors (Lipinski definition) is 10. The minimum absolute atomic E-state index is 0.105. The van der Waals surface area contributed by atoms with Crippen LogP contribution in [0, 0.1) is 29.6 Å². The van der Waals surface area contributed by atoms with Crippen molar-refractivity contribution in [3.05, 3.63) is 82.1 Å². The molecule has 2 aliphatic heterocycles. The summed E-state index contributed by atoms with van der Waals surface area (Å²) in [6.45, 7) is 7.27. The van der Waals surface area contributed by atoms with E-state index in [-0.39, 0.29) is 18.9 Å². The van der Waals surface area contributed by atoms with E-state index in [0.717, 1.165) is 15.6 Å². The van der Waals surface area contributed by atoms with Gasteiger partial charge >= 0.3 is 23.8 Å². The molecule has 2 unspecified atom stereocenters. The molecular weight excluding hydrogens is 712 g/mol. The highest BCUT2D eigenvalue weighted by atomic mass is 79.9. The highest BCUT2D eigenvalue weighted by molar-refractivity contribution is 9.10. The van der Waals surface area contributed by atoms with Gasteiger partial charge in [-0.15, -0.1) is 0 Å². The van der Waals surface area contributed by atoms with Gasteiger partial charge in [-0.25, -0.2) is 14.4 Å². The number of ether oxygens (including phenoxy) is 5. The summed E-state index contributed by atoms with van der Waals surface area (Å²) in [5.74, 6) is -5.28. The second-order valence-electron chi connectivity index (χ2n) is 13.7. The summed E-state index contributed by atoms with van der Waals surface area (Å²) in [6, 6.07) is 10.6. The molecule has 4 aliphatic rings. The van der Waals surface area contributed by atoms with E-state index in [2.05, 4.69) is 26.2 Å². The summed E-state index contributed by atoms with van der Waals surface area (Å²) in [4.78, 5) is 55.2. The first-order valence-electron chi connectivity index (χ1n) is 16.9. The molecule has 1 saturated heterocycles. The zero-order chi connectivity index (χ0) is 35.9. The molecule has 12 nitrogen and oxygen atoms in total. The third-order valence-electron chi connectivity index (χ3n) is 10.8. The summed E-state index contributed by atoms with van der Waals surface area (Å²) in [6.07, 6.45) is 2.51. The minimum Gasteiger partial charge on any atom is -0.456 e. The number of aliphatic hydroxyl groups is 1. The van der Waals surface area contributed by atoms with Crippen LogP contribution in [0.1, 0.15) is 50.2 Å². The summed E-state index contributed by atoms with van der Waals surface area (Å²) in [5, 5.41) is 14.5. The summed E-state index contributed by atoms with van der Waals surface area (Å²) in [7, 11) is 1.42. The molecule has 1 amide bonds. The Hall–Kier alpha value is -3.78. The van der Waals surface area contributed by atoms with Crippen molar-refractivity contribution < 1.29 is 48.0 Å². The van der Waals surface area contributed by atoms with Crippen molar-refractivity contribution in [2.75, 3.05) is 7.11 Å². The van der Waals surface area contributed by atoms with Crippen LogP contribution in [0.5, 0.6) is 0 Å². The number of hydrogen-bond donors (Lipinski definition) is 3. The van der Waals surface area contributed by atoms with E-state index >= 15 is 0 Å². The third-order valence-corrected chi connectivity index (χ3v) is 11.6. The number of carbonyl (C=O) groups is 4. The Morgan fingerprint density at radius 3 is 2.62 bits per heavy atom. The number of carbonyl (C=O) groups excluding carboxylic acids is 4. The molecule has 50 heavy (non-hydrogen) atoms. The fourth-order valence-corrected chi connectivity index (χ4v) is 8.73. The van der Waals surface area contributed by atoms with Gasteiger partial charge in [0.1, 0.15) is 35.7 Å². The van der Waals surface area contributed by atoms with Crippen LogP contribution in [0.4, 0.5) is 0 Å². The molecule has 3 N–H and O–H groups in total. The average Bonchev–Trinajstić information content (AvgIpc) is 3.70. The lowest BCUT2D eigenvalue weighted by molar-refractivity contribution is -0.180. The molecule has 1 spiro atoms. The van der Waals surface area contributed by atoms with Crippen molar-refractivity contribution in [2.45, 2.75) is 82.9 Å². The SMILES string of the molecule is CO[C@H]1C[C@H]2C=CC3C4[C@H](O)[C@@H](C)[C@@H](OC(=O)c5ccc[nH]5)[C@@H]3O[C@]42/C(C)=C/[C@@H](C)[C@@H]([C@@H](C)OC(=O)C(=O)NCc2ccccc2Br)OC1=O. The van der Waals surface area contributed by atoms with E-state index in [0.29, 0.717) is 5.69 Å². The highest BCUT2D eigenvalue weighted by Crippen LogP contribution is 2.61. The van der Waals surface area contributed by atoms with E-state index in [1.54, 1.807) is 25.3 Å². The van der Waals surface area contributed by atoms with Crippen molar-refractivity contribution in [1.29, 1.82) is 0 Å². The predicted molar refractivity (Wildman–Crippen MR) is 182 cm³/mol. The lowest BCUT2D eigenvalue weighted by atomic mass is 9.57. The predicted octanol–water partition coefficient (Wildman–Crippen LogP) is 4.03. The average molecular weight is 756 g/mol. The van der Waals surface area contributed by atoms with Crippen LogP contribution in [0.2, 0.25) is 0 Å². The van der Waals surface area contributed by atoms with Crippen molar-refractivity contribution in [2.24, 2.45) is 29.6 Å². The van der Waals surface area contributed by atoms with Gasteiger partial charge in [-0.05, 0) is 49.6 Å². The molecule has 2 fully saturated rings. The second-order valence-corrected chi connectivity index (χ2v) is 14.6. The zero-order valence-corrected chi connectivity index (χ0v) is 30.1. The summed E-state index contributed by atoms with van der Waals surface area (Å²) >= 11 is 3.42. The number of aromatic nitrogens is 1. The molecule has 3 heterocycles. The van der Waals surface area contributed by atoms with Crippen LogP contribution < -0.4 is 5.32 Å².